The first-order valence-electron chi connectivity index (χ1n) is 4.13. The van der Waals surface area contributed by atoms with Gasteiger partial charge in [0.1, 0.15) is 0 Å². The van der Waals surface area contributed by atoms with Gasteiger partial charge in [0.15, 0.2) is 0 Å². The minimum atomic E-state index is -0.612. The summed E-state index contributed by atoms with van der Waals surface area (Å²) in [5.74, 6) is 0.522. The van der Waals surface area contributed by atoms with Gasteiger partial charge in [0, 0.05) is 27.1 Å². The van der Waals surface area contributed by atoms with Gasteiger partial charge < -0.3 is 14.7 Å². The van der Waals surface area contributed by atoms with Crippen LogP contribution in [0.4, 0.5) is 0 Å². The van der Waals surface area contributed by atoms with Gasteiger partial charge >= 0.3 is 0 Å². The van der Waals surface area contributed by atoms with E-state index in [1.54, 1.807) is 7.05 Å². The Labute approximate surface area is 84.3 Å². The van der Waals surface area contributed by atoms with Crippen LogP contribution in [0.25, 0.3) is 0 Å². The lowest BCUT2D eigenvalue weighted by Gasteiger charge is -2.20. The Morgan fingerprint density at radius 2 is 2.31 bits per heavy atom. The van der Waals surface area contributed by atoms with E-state index in [0.29, 0.717) is 18.7 Å². The van der Waals surface area contributed by atoms with Crippen LogP contribution in [0.5, 0.6) is 0 Å². The Bertz CT molecular complexity index is 154. The van der Waals surface area contributed by atoms with Crippen LogP contribution in [0.1, 0.15) is 6.42 Å². The molecule has 0 saturated carbocycles. The molecule has 0 aromatic carbocycles. The first-order valence-corrected chi connectivity index (χ1v) is 4.77. The summed E-state index contributed by atoms with van der Waals surface area (Å²) in [5, 5.41) is 9.30. The maximum atomic E-state index is 11.2. The van der Waals surface area contributed by atoms with Crippen molar-refractivity contribution in [3.63, 3.8) is 0 Å². The van der Waals surface area contributed by atoms with Crippen molar-refractivity contribution in [1.29, 1.82) is 0 Å². The van der Waals surface area contributed by atoms with Crippen molar-refractivity contribution in [3.8, 4) is 0 Å². The van der Waals surface area contributed by atoms with E-state index in [9.17, 15) is 9.90 Å². The predicted molar refractivity (Wildman–Crippen MR) is 54.0 cm³/mol. The lowest BCUT2D eigenvalue weighted by Crippen LogP contribution is -2.36. The average molecular weight is 207 g/mol. The van der Waals surface area contributed by atoms with Gasteiger partial charge in [0.2, 0.25) is 5.91 Å². The van der Waals surface area contributed by atoms with Crippen molar-refractivity contribution < 1.29 is 14.6 Å². The Hall–Kier alpha value is -0.260. The number of amides is 1. The van der Waals surface area contributed by atoms with Gasteiger partial charge in [-0.2, -0.15) is 12.6 Å². The molecule has 0 saturated heterocycles. The van der Waals surface area contributed by atoms with Crippen LogP contribution in [0.15, 0.2) is 0 Å². The molecule has 0 fully saturated rings. The number of likely N-dealkylation sites (N-methyl/N-ethyl adjacent to an activating group) is 1. The van der Waals surface area contributed by atoms with Crippen molar-refractivity contribution in [3.05, 3.63) is 0 Å². The van der Waals surface area contributed by atoms with Gasteiger partial charge in [-0.15, -0.1) is 0 Å². The third-order valence-corrected chi connectivity index (χ3v) is 1.82. The third kappa shape index (κ3) is 5.90. The van der Waals surface area contributed by atoms with E-state index in [-0.39, 0.29) is 12.5 Å². The van der Waals surface area contributed by atoms with E-state index in [1.807, 2.05) is 0 Å². The molecule has 1 amide bonds. The average Bonchev–Trinajstić information content (AvgIpc) is 2.05. The highest BCUT2D eigenvalue weighted by atomic mass is 32.1. The van der Waals surface area contributed by atoms with Crippen LogP contribution in [0, 0.1) is 0 Å². The SMILES string of the molecule is COCC(O)CN(C)C(=O)CCS. The van der Waals surface area contributed by atoms with Crippen molar-refractivity contribution in [2.24, 2.45) is 0 Å². The van der Waals surface area contributed by atoms with Crippen molar-refractivity contribution in [2.45, 2.75) is 12.5 Å². The van der Waals surface area contributed by atoms with Gasteiger partial charge in [-0.1, -0.05) is 0 Å². The second-order valence-electron chi connectivity index (χ2n) is 2.86. The number of ether oxygens (including phenoxy) is 1. The number of carbonyl (C=O) groups is 1. The topological polar surface area (TPSA) is 49.8 Å². The molecular formula is C8H17NO3S. The van der Waals surface area contributed by atoms with E-state index in [0.717, 1.165) is 0 Å². The number of aliphatic hydroxyl groups is 1. The van der Waals surface area contributed by atoms with E-state index in [1.165, 1.54) is 12.0 Å². The fourth-order valence-electron chi connectivity index (χ4n) is 0.950. The third-order valence-electron chi connectivity index (χ3n) is 1.60. The number of methoxy groups -OCH3 is 1. The zero-order valence-corrected chi connectivity index (χ0v) is 8.96. The van der Waals surface area contributed by atoms with Crippen molar-refractivity contribution in [2.75, 3.05) is 33.1 Å². The largest absolute Gasteiger partial charge is 0.389 e. The molecule has 0 spiro atoms. The summed E-state index contributed by atoms with van der Waals surface area (Å²) in [5.41, 5.74) is 0. The maximum Gasteiger partial charge on any atom is 0.223 e. The highest BCUT2D eigenvalue weighted by Gasteiger charge is 2.12. The lowest BCUT2D eigenvalue weighted by atomic mass is 10.3. The Morgan fingerprint density at radius 3 is 2.77 bits per heavy atom. The monoisotopic (exact) mass is 207 g/mol. The fraction of sp³-hybridized carbons (Fsp3) is 0.875. The molecule has 0 aliphatic carbocycles. The van der Waals surface area contributed by atoms with Crippen LogP contribution < -0.4 is 0 Å². The number of thiol groups is 1. The molecule has 0 aliphatic heterocycles. The number of hydrogen-bond donors (Lipinski definition) is 2. The summed E-state index contributed by atoms with van der Waals surface area (Å²) in [4.78, 5) is 12.7. The molecule has 0 aliphatic rings. The summed E-state index contributed by atoms with van der Waals surface area (Å²) in [6, 6.07) is 0. The van der Waals surface area contributed by atoms with Gasteiger partial charge in [0.25, 0.3) is 0 Å². The Kier molecular flexibility index (Phi) is 7.03. The number of hydrogen-bond acceptors (Lipinski definition) is 4. The normalized spacial score (nSPS) is 12.6. The van der Waals surface area contributed by atoms with E-state index < -0.39 is 6.10 Å². The standard InChI is InChI=1S/C8H17NO3S/c1-9(8(11)3-4-13)5-7(10)6-12-2/h7,10,13H,3-6H2,1-2H3. The summed E-state index contributed by atoms with van der Waals surface area (Å²) in [6.07, 6.45) is -0.210. The smallest absolute Gasteiger partial charge is 0.223 e. The second-order valence-corrected chi connectivity index (χ2v) is 3.30. The molecule has 13 heavy (non-hydrogen) atoms. The number of nitrogens with zero attached hydrogens (tertiary/aromatic N) is 1. The zero-order valence-electron chi connectivity index (χ0n) is 8.06. The minimum Gasteiger partial charge on any atom is -0.389 e. The summed E-state index contributed by atoms with van der Waals surface area (Å²) < 4.78 is 4.74. The summed E-state index contributed by atoms with van der Waals surface area (Å²) >= 11 is 3.95. The van der Waals surface area contributed by atoms with E-state index in [2.05, 4.69) is 12.6 Å². The zero-order chi connectivity index (χ0) is 10.3. The summed E-state index contributed by atoms with van der Waals surface area (Å²) in [7, 11) is 3.17. The molecule has 0 bridgehead atoms. The molecule has 1 unspecified atom stereocenters. The van der Waals surface area contributed by atoms with Crippen molar-refractivity contribution >= 4 is 18.5 Å². The van der Waals surface area contributed by atoms with E-state index in [4.69, 9.17) is 4.74 Å². The van der Waals surface area contributed by atoms with Gasteiger partial charge in [-0.25, -0.2) is 0 Å². The van der Waals surface area contributed by atoms with Crippen LogP contribution in [-0.4, -0.2) is 55.1 Å². The summed E-state index contributed by atoms with van der Waals surface area (Å²) in [6.45, 7) is 0.555. The number of aliphatic hydroxyl groups excluding tert-OH is 1. The number of carbonyl (C=O) groups excluding carboxylic acids is 1. The number of rotatable bonds is 6. The van der Waals surface area contributed by atoms with Crippen LogP contribution in [0.3, 0.4) is 0 Å². The first kappa shape index (κ1) is 12.7. The molecule has 0 aromatic heterocycles. The molecule has 5 heteroatoms. The molecule has 0 aromatic rings. The molecule has 1 N–H and O–H groups in total. The second kappa shape index (κ2) is 7.17. The fourth-order valence-corrected chi connectivity index (χ4v) is 1.14. The van der Waals surface area contributed by atoms with Crippen LogP contribution >= 0.6 is 12.6 Å². The van der Waals surface area contributed by atoms with Crippen molar-refractivity contribution in [1.82, 2.24) is 4.90 Å². The highest BCUT2D eigenvalue weighted by molar-refractivity contribution is 7.80. The van der Waals surface area contributed by atoms with Gasteiger partial charge in [-0.05, 0) is 5.75 Å². The molecule has 4 nitrogen and oxygen atoms in total. The first-order chi connectivity index (χ1) is 6.11. The van der Waals surface area contributed by atoms with Crippen LogP contribution in [0.2, 0.25) is 0 Å². The minimum absolute atomic E-state index is 0.00912. The highest BCUT2D eigenvalue weighted by Crippen LogP contribution is 1.95. The molecule has 0 radical (unpaired) electrons. The molecular weight excluding hydrogens is 190 g/mol. The molecule has 0 heterocycles. The predicted octanol–water partition coefficient (Wildman–Crippen LogP) is -0.228. The Balaban J connectivity index is 3.71. The molecule has 1 atom stereocenters. The molecule has 78 valence electrons. The maximum absolute atomic E-state index is 11.2. The van der Waals surface area contributed by atoms with Gasteiger partial charge in [0.05, 0.1) is 12.7 Å². The quantitative estimate of drug-likeness (QED) is 0.592. The Morgan fingerprint density at radius 1 is 1.69 bits per heavy atom. The van der Waals surface area contributed by atoms with E-state index >= 15 is 0 Å². The van der Waals surface area contributed by atoms with Crippen LogP contribution in [-0.2, 0) is 9.53 Å². The lowest BCUT2D eigenvalue weighted by molar-refractivity contribution is -0.131. The molecule has 0 rings (SSSR count). The van der Waals surface area contributed by atoms with Gasteiger partial charge in [-0.3, -0.25) is 4.79 Å².